The van der Waals surface area contributed by atoms with Crippen LogP contribution in [0.5, 0.6) is 0 Å². The number of aromatic nitrogens is 1. The van der Waals surface area contributed by atoms with Crippen molar-refractivity contribution in [2.45, 2.75) is 32.1 Å². The maximum absolute atomic E-state index is 12.3. The number of aryl methyl sites for hydroxylation is 1. The average molecular weight is 257 g/mol. The number of carbonyl (C=O) groups excluding carboxylic acids is 1. The molecule has 3 heteroatoms. The molecule has 2 nitrogen and oxygen atoms in total. The highest BCUT2D eigenvalue weighted by Crippen LogP contribution is 2.34. The summed E-state index contributed by atoms with van der Waals surface area (Å²) in [7, 11) is 0. The lowest BCUT2D eigenvalue weighted by atomic mass is 9.93. The molecular formula is C15H15NOS. The van der Waals surface area contributed by atoms with Crippen molar-refractivity contribution in [3.63, 3.8) is 0 Å². The van der Waals surface area contributed by atoms with Crippen LogP contribution in [0.25, 0.3) is 0 Å². The molecule has 0 N–H and O–H groups in total. The standard InChI is InChI=1S/C15H15NOS/c1-10-6-5-9-12-13(10)16-15(18-12)14(17)11-7-3-2-4-8-11/h2-4,7-8,10H,5-6,9H2,1H3. The third kappa shape index (κ3) is 1.99. The second kappa shape index (κ2) is 4.65. The SMILES string of the molecule is CC1CCCc2sc(C(=O)c3ccccc3)nc21. The Morgan fingerprint density at radius 2 is 2.11 bits per heavy atom. The van der Waals surface area contributed by atoms with E-state index in [1.165, 1.54) is 17.7 Å². The minimum atomic E-state index is 0.0576. The van der Waals surface area contributed by atoms with Crippen molar-refractivity contribution in [3.05, 3.63) is 51.5 Å². The third-order valence-corrected chi connectivity index (χ3v) is 4.60. The first-order valence-electron chi connectivity index (χ1n) is 6.35. The summed E-state index contributed by atoms with van der Waals surface area (Å²) in [5.74, 6) is 0.560. The van der Waals surface area contributed by atoms with Crippen molar-refractivity contribution >= 4 is 17.1 Å². The van der Waals surface area contributed by atoms with Gasteiger partial charge >= 0.3 is 0 Å². The summed E-state index contributed by atoms with van der Waals surface area (Å²) in [6.07, 6.45) is 3.49. The summed E-state index contributed by atoms with van der Waals surface area (Å²) < 4.78 is 0. The maximum Gasteiger partial charge on any atom is 0.221 e. The van der Waals surface area contributed by atoms with Gasteiger partial charge in [-0.05, 0) is 25.2 Å². The monoisotopic (exact) mass is 257 g/mol. The van der Waals surface area contributed by atoms with Gasteiger partial charge in [-0.3, -0.25) is 4.79 Å². The van der Waals surface area contributed by atoms with Gasteiger partial charge < -0.3 is 0 Å². The van der Waals surface area contributed by atoms with E-state index in [9.17, 15) is 4.79 Å². The van der Waals surface area contributed by atoms with E-state index in [-0.39, 0.29) is 5.78 Å². The van der Waals surface area contributed by atoms with Gasteiger partial charge in [0.15, 0.2) is 5.01 Å². The normalized spacial score (nSPS) is 18.4. The lowest BCUT2D eigenvalue weighted by Gasteiger charge is -2.15. The number of benzene rings is 1. The molecule has 1 aliphatic rings. The van der Waals surface area contributed by atoms with Gasteiger partial charge in [0, 0.05) is 10.4 Å². The van der Waals surface area contributed by atoms with Crippen LogP contribution in [-0.2, 0) is 6.42 Å². The number of thiazole rings is 1. The Bertz CT molecular complexity index is 573. The van der Waals surface area contributed by atoms with Crippen molar-refractivity contribution < 1.29 is 4.79 Å². The van der Waals surface area contributed by atoms with Gasteiger partial charge in [0.25, 0.3) is 0 Å². The van der Waals surface area contributed by atoms with Crippen molar-refractivity contribution in [1.29, 1.82) is 0 Å². The van der Waals surface area contributed by atoms with E-state index in [0.29, 0.717) is 10.9 Å². The maximum atomic E-state index is 12.3. The summed E-state index contributed by atoms with van der Waals surface area (Å²) >= 11 is 1.58. The highest BCUT2D eigenvalue weighted by Gasteiger charge is 2.24. The minimum absolute atomic E-state index is 0.0576. The lowest BCUT2D eigenvalue weighted by Crippen LogP contribution is -2.05. The quantitative estimate of drug-likeness (QED) is 0.766. The van der Waals surface area contributed by atoms with Gasteiger partial charge in [-0.1, -0.05) is 37.3 Å². The molecule has 0 fully saturated rings. The van der Waals surface area contributed by atoms with Gasteiger partial charge in [0.05, 0.1) is 5.69 Å². The predicted octanol–water partition coefficient (Wildman–Crippen LogP) is 3.81. The van der Waals surface area contributed by atoms with Crippen LogP contribution in [-0.4, -0.2) is 10.8 Å². The first-order valence-corrected chi connectivity index (χ1v) is 7.16. The van der Waals surface area contributed by atoms with Crippen LogP contribution in [0.3, 0.4) is 0 Å². The fraction of sp³-hybridized carbons (Fsp3) is 0.333. The van der Waals surface area contributed by atoms with Crippen molar-refractivity contribution in [2.24, 2.45) is 0 Å². The molecule has 0 saturated heterocycles. The zero-order valence-electron chi connectivity index (χ0n) is 10.3. The van der Waals surface area contributed by atoms with Gasteiger partial charge in [-0.15, -0.1) is 11.3 Å². The zero-order valence-corrected chi connectivity index (χ0v) is 11.2. The number of nitrogens with zero attached hydrogens (tertiary/aromatic N) is 1. The molecule has 1 unspecified atom stereocenters. The van der Waals surface area contributed by atoms with E-state index in [1.54, 1.807) is 11.3 Å². The Morgan fingerprint density at radius 3 is 2.83 bits per heavy atom. The number of hydrogen-bond acceptors (Lipinski definition) is 3. The highest BCUT2D eigenvalue weighted by atomic mass is 32.1. The van der Waals surface area contributed by atoms with Crippen LogP contribution in [0.4, 0.5) is 0 Å². The Labute approximate surface area is 111 Å². The van der Waals surface area contributed by atoms with E-state index in [1.807, 2.05) is 30.3 Å². The van der Waals surface area contributed by atoms with E-state index in [4.69, 9.17) is 0 Å². The Kier molecular flexibility index (Phi) is 3.00. The molecule has 1 atom stereocenters. The Morgan fingerprint density at radius 1 is 1.33 bits per heavy atom. The van der Waals surface area contributed by atoms with E-state index in [0.717, 1.165) is 17.7 Å². The Hall–Kier alpha value is -1.48. The van der Waals surface area contributed by atoms with Crippen molar-refractivity contribution in [1.82, 2.24) is 4.98 Å². The van der Waals surface area contributed by atoms with Crippen molar-refractivity contribution in [3.8, 4) is 0 Å². The van der Waals surface area contributed by atoms with Gasteiger partial charge in [-0.25, -0.2) is 4.98 Å². The minimum Gasteiger partial charge on any atom is -0.286 e. The number of rotatable bonds is 2. The summed E-state index contributed by atoms with van der Waals surface area (Å²) in [6.45, 7) is 2.20. The van der Waals surface area contributed by atoms with Crippen molar-refractivity contribution in [2.75, 3.05) is 0 Å². The first-order chi connectivity index (χ1) is 8.75. The second-order valence-electron chi connectivity index (χ2n) is 4.82. The molecule has 0 saturated carbocycles. The number of ketones is 1. The molecule has 2 aromatic rings. The number of hydrogen-bond donors (Lipinski definition) is 0. The zero-order chi connectivity index (χ0) is 12.5. The molecule has 0 bridgehead atoms. The fourth-order valence-electron chi connectivity index (χ4n) is 2.44. The van der Waals surface area contributed by atoms with Crippen LogP contribution in [0.2, 0.25) is 0 Å². The van der Waals surface area contributed by atoms with Crippen LogP contribution in [0.15, 0.2) is 30.3 Å². The number of carbonyl (C=O) groups is 1. The summed E-state index contributed by atoms with van der Waals surface area (Å²) in [4.78, 5) is 18.2. The third-order valence-electron chi connectivity index (χ3n) is 3.47. The molecule has 92 valence electrons. The van der Waals surface area contributed by atoms with Crippen LogP contribution in [0.1, 0.15) is 51.6 Å². The molecule has 18 heavy (non-hydrogen) atoms. The van der Waals surface area contributed by atoms with E-state index < -0.39 is 0 Å². The molecule has 1 aliphatic carbocycles. The predicted molar refractivity (Wildman–Crippen MR) is 73.3 cm³/mol. The molecule has 3 rings (SSSR count). The van der Waals surface area contributed by atoms with Crippen LogP contribution >= 0.6 is 11.3 Å². The molecule has 1 aromatic carbocycles. The van der Waals surface area contributed by atoms with E-state index >= 15 is 0 Å². The van der Waals surface area contributed by atoms with Gasteiger partial charge in [0.1, 0.15) is 0 Å². The second-order valence-corrected chi connectivity index (χ2v) is 5.90. The first kappa shape index (κ1) is 11.6. The lowest BCUT2D eigenvalue weighted by molar-refractivity contribution is 0.103. The molecule has 0 radical (unpaired) electrons. The van der Waals surface area contributed by atoms with Crippen LogP contribution in [0, 0.1) is 0 Å². The van der Waals surface area contributed by atoms with Gasteiger partial charge in [0.2, 0.25) is 5.78 Å². The van der Waals surface area contributed by atoms with Crippen LogP contribution < -0.4 is 0 Å². The summed E-state index contributed by atoms with van der Waals surface area (Å²) in [6, 6.07) is 9.41. The molecule has 1 heterocycles. The topological polar surface area (TPSA) is 30.0 Å². The highest BCUT2D eigenvalue weighted by molar-refractivity contribution is 7.14. The van der Waals surface area contributed by atoms with Gasteiger partial charge in [-0.2, -0.15) is 0 Å². The Balaban J connectivity index is 1.96. The summed E-state index contributed by atoms with van der Waals surface area (Å²) in [5.41, 5.74) is 1.89. The average Bonchev–Trinajstić information content (AvgIpc) is 2.84. The molecule has 1 aromatic heterocycles. The number of fused-ring (bicyclic) bond motifs is 1. The summed E-state index contributed by atoms with van der Waals surface area (Å²) in [5, 5.41) is 0.653. The fourth-order valence-corrected chi connectivity index (χ4v) is 3.63. The molecular weight excluding hydrogens is 242 g/mol. The largest absolute Gasteiger partial charge is 0.286 e. The van der Waals surface area contributed by atoms with E-state index in [2.05, 4.69) is 11.9 Å². The molecule has 0 amide bonds. The molecule has 0 aliphatic heterocycles. The molecule has 0 spiro atoms. The smallest absolute Gasteiger partial charge is 0.221 e.